The van der Waals surface area contributed by atoms with Gasteiger partial charge in [-0.05, 0) is 55.2 Å². The molecule has 0 radical (unpaired) electrons. The highest BCUT2D eigenvalue weighted by Gasteiger charge is 2.56. The lowest BCUT2D eigenvalue weighted by molar-refractivity contribution is -0.133. The van der Waals surface area contributed by atoms with E-state index in [9.17, 15) is 9.59 Å². The highest BCUT2D eigenvalue weighted by molar-refractivity contribution is 6.74. The Bertz CT molecular complexity index is 985. The molecule has 1 aliphatic rings. The molecule has 0 bridgehead atoms. The van der Waals surface area contributed by atoms with E-state index < -0.39 is 20.3 Å². The summed E-state index contributed by atoms with van der Waals surface area (Å²) in [5.41, 5.74) is 1.29. The van der Waals surface area contributed by atoms with E-state index in [-0.39, 0.29) is 22.8 Å². The molecule has 1 fully saturated rings. The van der Waals surface area contributed by atoms with Crippen molar-refractivity contribution in [3.63, 3.8) is 0 Å². The monoisotopic (exact) mass is 467 g/mol. The van der Waals surface area contributed by atoms with Crippen molar-refractivity contribution in [2.24, 2.45) is 11.8 Å². The zero-order valence-corrected chi connectivity index (χ0v) is 22.1. The number of β-lactam (4-membered cyclic amide) rings is 1. The minimum absolute atomic E-state index is 0.0165. The van der Waals surface area contributed by atoms with Crippen LogP contribution in [0.5, 0.6) is 5.75 Å². The quantitative estimate of drug-likeness (QED) is 0.260. The van der Waals surface area contributed by atoms with Crippen molar-refractivity contribution >= 4 is 25.7 Å². The molecule has 0 N–H and O–H groups in total. The summed E-state index contributed by atoms with van der Waals surface area (Å²) in [5, 5.41) is 0.0165. The Labute approximate surface area is 199 Å². The van der Waals surface area contributed by atoms with Crippen LogP contribution in [0.2, 0.25) is 18.1 Å². The van der Waals surface area contributed by atoms with Crippen LogP contribution < -0.4 is 9.64 Å². The van der Waals surface area contributed by atoms with Crippen LogP contribution in [-0.2, 0) is 9.22 Å². The summed E-state index contributed by atoms with van der Waals surface area (Å²) < 4.78 is 11.9. The first kappa shape index (κ1) is 25.2. The average molecular weight is 468 g/mol. The average Bonchev–Trinajstić information content (AvgIpc) is 2.77. The first-order valence-corrected chi connectivity index (χ1v) is 14.6. The molecule has 2 aromatic rings. The molecule has 3 rings (SSSR count). The largest absolute Gasteiger partial charge is 0.497 e. The second kappa shape index (κ2) is 9.43. The van der Waals surface area contributed by atoms with Crippen molar-refractivity contribution in [1.82, 2.24) is 0 Å². The van der Waals surface area contributed by atoms with Gasteiger partial charge >= 0.3 is 0 Å². The standard InChI is InChI=1S/C27H37NO4Si/c1-18(2)27(4,5)33(7,8)32-19(3)23-24(25(29)20-12-10-9-11-13-20)28(26(23)30)21-14-16-22(31-6)17-15-21/h9-19,23-24H,1-8H3. The second-order valence-corrected chi connectivity index (χ2v) is 14.9. The molecule has 0 aliphatic carbocycles. The molecule has 33 heavy (non-hydrogen) atoms. The number of hydrogen-bond donors (Lipinski definition) is 0. The van der Waals surface area contributed by atoms with E-state index in [1.807, 2.05) is 37.3 Å². The van der Waals surface area contributed by atoms with E-state index in [2.05, 4.69) is 40.8 Å². The van der Waals surface area contributed by atoms with Crippen LogP contribution in [0.15, 0.2) is 54.6 Å². The maximum atomic E-state index is 13.6. The molecular formula is C27H37NO4Si. The van der Waals surface area contributed by atoms with Crippen molar-refractivity contribution in [1.29, 1.82) is 0 Å². The molecule has 5 nitrogen and oxygen atoms in total. The van der Waals surface area contributed by atoms with E-state index in [1.54, 1.807) is 36.3 Å². The Hall–Kier alpha value is -2.44. The van der Waals surface area contributed by atoms with Gasteiger partial charge in [-0.3, -0.25) is 9.59 Å². The van der Waals surface area contributed by atoms with E-state index >= 15 is 0 Å². The van der Waals surface area contributed by atoms with Crippen LogP contribution in [0, 0.1) is 11.8 Å². The van der Waals surface area contributed by atoms with Gasteiger partial charge < -0.3 is 14.1 Å². The number of methoxy groups -OCH3 is 1. The second-order valence-electron chi connectivity index (χ2n) is 10.3. The summed E-state index contributed by atoms with van der Waals surface area (Å²) in [6.07, 6.45) is -0.357. The number of rotatable bonds is 9. The zero-order chi connectivity index (χ0) is 24.6. The Balaban J connectivity index is 1.94. The molecule has 178 valence electrons. The van der Waals surface area contributed by atoms with Gasteiger partial charge in [0.25, 0.3) is 0 Å². The summed E-state index contributed by atoms with van der Waals surface area (Å²) in [5.74, 6) is 0.494. The Morgan fingerprint density at radius 1 is 1.00 bits per heavy atom. The molecule has 1 heterocycles. The highest BCUT2D eigenvalue weighted by atomic mass is 28.4. The van der Waals surface area contributed by atoms with Gasteiger partial charge in [-0.15, -0.1) is 0 Å². The molecule has 2 aromatic carbocycles. The molecule has 0 saturated carbocycles. The number of benzene rings is 2. The maximum absolute atomic E-state index is 13.6. The Morgan fingerprint density at radius 3 is 2.09 bits per heavy atom. The SMILES string of the molecule is COc1ccc(N2C(=O)C(C(C)O[Si](C)(C)C(C)(C)C(C)C)C2C(=O)c2ccccc2)cc1. The van der Waals surface area contributed by atoms with Crippen LogP contribution >= 0.6 is 0 Å². The van der Waals surface area contributed by atoms with Gasteiger partial charge in [-0.25, -0.2) is 0 Å². The molecule has 0 aromatic heterocycles. The summed E-state index contributed by atoms with van der Waals surface area (Å²) in [4.78, 5) is 28.7. The Morgan fingerprint density at radius 2 is 1.58 bits per heavy atom. The third-order valence-corrected chi connectivity index (χ3v) is 12.4. The fraction of sp³-hybridized carbons (Fsp3) is 0.481. The lowest BCUT2D eigenvalue weighted by Gasteiger charge is -2.51. The molecule has 0 spiro atoms. The lowest BCUT2D eigenvalue weighted by atomic mass is 9.78. The number of carbonyl (C=O) groups excluding carboxylic acids is 2. The maximum Gasteiger partial charge on any atom is 0.235 e. The van der Waals surface area contributed by atoms with E-state index in [0.29, 0.717) is 22.9 Å². The van der Waals surface area contributed by atoms with Crippen LogP contribution in [0.3, 0.4) is 0 Å². The number of nitrogens with zero attached hydrogens (tertiary/aromatic N) is 1. The zero-order valence-electron chi connectivity index (χ0n) is 21.1. The number of ketones is 1. The van der Waals surface area contributed by atoms with Crippen LogP contribution in [0.1, 0.15) is 45.0 Å². The van der Waals surface area contributed by atoms with Crippen molar-refractivity contribution in [3.8, 4) is 5.75 Å². The molecule has 1 saturated heterocycles. The van der Waals surface area contributed by atoms with Crippen molar-refractivity contribution in [2.75, 3.05) is 12.0 Å². The summed E-state index contributed by atoms with van der Waals surface area (Å²) in [7, 11) is -0.586. The fourth-order valence-electron chi connectivity index (χ4n) is 4.44. The summed E-state index contributed by atoms with van der Waals surface area (Å²) in [6, 6.07) is 15.9. The van der Waals surface area contributed by atoms with Crippen LogP contribution in [0.4, 0.5) is 5.69 Å². The first-order valence-electron chi connectivity index (χ1n) is 11.7. The number of ether oxygens (including phenoxy) is 1. The van der Waals surface area contributed by atoms with E-state index in [0.717, 1.165) is 0 Å². The molecule has 3 atom stereocenters. The lowest BCUT2D eigenvalue weighted by Crippen LogP contribution is -2.69. The molecule has 3 unspecified atom stereocenters. The van der Waals surface area contributed by atoms with Gasteiger partial charge in [0.2, 0.25) is 5.91 Å². The smallest absolute Gasteiger partial charge is 0.235 e. The number of carbonyl (C=O) groups is 2. The number of hydrogen-bond acceptors (Lipinski definition) is 4. The van der Waals surface area contributed by atoms with Gasteiger partial charge in [-0.2, -0.15) is 0 Å². The minimum atomic E-state index is -2.19. The van der Waals surface area contributed by atoms with Crippen LogP contribution in [0.25, 0.3) is 0 Å². The number of anilines is 1. The van der Waals surface area contributed by atoms with Gasteiger partial charge in [0.1, 0.15) is 11.8 Å². The van der Waals surface area contributed by atoms with Crippen molar-refractivity contribution < 1.29 is 18.8 Å². The number of Topliss-reactive ketones (excluding diaryl/α,β-unsaturated/α-hetero) is 1. The van der Waals surface area contributed by atoms with Crippen LogP contribution in [-0.4, -0.2) is 39.3 Å². The third kappa shape index (κ3) is 4.64. The molecule has 1 aliphatic heterocycles. The van der Waals surface area contributed by atoms with Gasteiger partial charge in [-0.1, -0.05) is 58.0 Å². The van der Waals surface area contributed by atoms with Crippen molar-refractivity contribution in [2.45, 2.75) is 64.9 Å². The normalized spacial score (nSPS) is 19.9. The summed E-state index contributed by atoms with van der Waals surface area (Å²) in [6.45, 7) is 15.3. The van der Waals surface area contributed by atoms with Crippen molar-refractivity contribution in [3.05, 3.63) is 60.2 Å². The molecular weight excluding hydrogens is 430 g/mol. The molecule has 6 heteroatoms. The van der Waals surface area contributed by atoms with Gasteiger partial charge in [0.15, 0.2) is 14.1 Å². The highest BCUT2D eigenvalue weighted by Crippen LogP contribution is 2.47. The predicted molar refractivity (Wildman–Crippen MR) is 135 cm³/mol. The summed E-state index contributed by atoms with van der Waals surface area (Å²) >= 11 is 0. The minimum Gasteiger partial charge on any atom is -0.497 e. The van der Waals surface area contributed by atoms with E-state index in [4.69, 9.17) is 9.16 Å². The van der Waals surface area contributed by atoms with E-state index in [1.165, 1.54) is 0 Å². The Kier molecular flexibility index (Phi) is 7.20. The topological polar surface area (TPSA) is 55.8 Å². The molecule has 1 amide bonds. The van der Waals surface area contributed by atoms with Gasteiger partial charge in [0, 0.05) is 11.3 Å². The predicted octanol–water partition coefficient (Wildman–Crippen LogP) is 5.96. The van der Waals surface area contributed by atoms with Gasteiger partial charge in [0.05, 0.1) is 19.1 Å². The first-order chi connectivity index (χ1) is 15.4. The number of amides is 1. The fourth-order valence-corrected chi connectivity index (χ4v) is 7.21. The third-order valence-electron chi connectivity index (χ3n) is 7.80.